The van der Waals surface area contributed by atoms with E-state index in [0.717, 1.165) is 11.7 Å². The molecule has 0 heterocycles. The molecular weight excluding hydrogens is 220 g/mol. The molecule has 15 heavy (non-hydrogen) atoms. The monoisotopic (exact) mass is 240 g/mol. The maximum atomic E-state index is 2.35. The van der Waals surface area contributed by atoms with Gasteiger partial charge in [0.1, 0.15) is 0 Å². The van der Waals surface area contributed by atoms with Crippen LogP contribution in [-0.2, 0) is 5.75 Å². The second-order valence-electron chi connectivity index (χ2n) is 3.89. The zero-order valence-corrected chi connectivity index (χ0v) is 11.2. The molecule has 0 fully saturated rings. The molecular formula is C13H20S2. The first-order valence-electron chi connectivity index (χ1n) is 5.43. The Bertz CT molecular complexity index is 246. The largest absolute Gasteiger partial charge is 0.165 e. The fourth-order valence-corrected chi connectivity index (χ4v) is 3.29. The summed E-state index contributed by atoms with van der Waals surface area (Å²) in [6, 6.07) is 10.7. The van der Waals surface area contributed by atoms with Crippen molar-refractivity contribution in [3.8, 4) is 0 Å². The lowest BCUT2D eigenvalue weighted by Gasteiger charge is -2.08. The minimum Gasteiger partial charge on any atom is -0.165 e. The lowest BCUT2D eigenvalue weighted by Crippen LogP contribution is -1.99. The molecule has 0 aliphatic heterocycles. The van der Waals surface area contributed by atoms with Crippen LogP contribution < -0.4 is 0 Å². The molecule has 0 radical (unpaired) electrons. The molecule has 0 bridgehead atoms. The first-order chi connectivity index (χ1) is 7.33. The van der Waals surface area contributed by atoms with Crippen molar-refractivity contribution < 1.29 is 0 Å². The number of benzene rings is 1. The van der Waals surface area contributed by atoms with Crippen molar-refractivity contribution in [2.24, 2.45) is 5.92 Å². The van der Waals surface area contributed by atoms with Gasteiger partial charge in [-0.2, -0.15) is 23.5 Å². The van der Waals surface area contributed by atoms with Gasteiger partial charge in [-0.25, -0.2) is 0 Å². The molecule has 1 aromatic carbocycles. The molecule has 0 aliphatic carbocycles. The molecule has 1 atom stereocenters. The van der Waals surface area contributed by atoms with Crippen molar-refractivity contribution in [1.82, 2.24) is 0 Å². The minimum absolute atomic E-state index is 0.864. The quantitative estimate of drug-likeness (QED) is 0.651. The van der Waals surface area contributed by atoms with E-state index in [4.69, 9.17) is 0 Å². The third-order valence-electron chi connectivity index (χ3n) is 2.32. The highest BCUT2D eigenvalue weighted by Gasteiger charge is 2.00. The van der Waals surface area contributed by atoms with Gasteiger partial charge in [0.25, 0.3) is 0 Å². The summed E-state index contributed by atoms with van der Waals surface area (Å²) in [6.45, 7) is 2.35. The van der Waals surface area contributed by atoms with Crippen LogP contribution in [-0.4, -0.2) is 17.8 Å². The molecule has 1 rings (SSSR count). The van der Waals surface area contributed by atoms with E-state index in [0.29, 0.717) is 0 Å². The van der Waals surface area contributed by atoms with Crippen LogP contribution in [0.15, 0.2) is 30.3 Å². The van der Waals surface area contributed by atoms with Crippen LogP contribution in [0, 0.1) is 5.92 Å². The molecule has 0 amide bonds. The Morgan fingerprint density at radius 1 is 1.20 bits per heavy atom. The Hall–Kier alpha value is -0.0800. The molecule has 1 aromatic rings. The zero-order valence-electron chi connectivity index (χ0n) is 9.61. The van der Waals surface area contributed by atoms with Crippen molar-refractivity contribution >= 4 is 23.5 Å². The molecule has 84 valence electrons. The topological polar surface area (TPSA) is 0 Å². The van der Waals surface area contributed by atoms with E-state index in [1.54, 1.807) is 0 Å². The molecule has 0 spiro atoms. The van der Waals surface area contributed by atoms with Crippen molar-refractivity contribution in [3.63, 3.8) is 0 Å². The molecule has 0 N–H and O–H groups in total. The highest BCUT2D eigenvalue weighted by Crippen LogP contribution is 2.17. The van der Waals surface area contributed by atoms with E-state index in [1.165, 1.54) is 23.5 Å². The Morgan fingerprint density at radius 3 is 2.60 bits per heavy atom. The van der Waals surface area contributed by atoms with Crippen molar-refractivity contribution in [2.45, 2.75) is 19.1 Å². The molecule has 0 aromatic heterocycles. The maximum Gasteiger partial charge on any atom is 0.0184 e. The van der Waals surface area contributed by atoms with Gasteiger partial charge >= 0.3 is 0 Å². The molecule has 1 unspecified atom stereocenters. The summed E-state index contributed by atoms with van der Waals surface area (Å²) in [5.74, 6) is 4.61. The summed E-state index contributed by atoms with van der Waals surface area (Å²) >= 11 is 4.01. The van der Waals surface area contributed by atoms with E-state index < -0.39 is 0 Å². The Balaban J connectivity index is 2.07. The van der Waals surface area contributed by atoms with Crippen molar-refractivity contribution in [3.05, 3.63) is 35.9 Å². The summed E-state index contributed by atoms with van der Waals surface area (Å²) < 4.78 is 0. The van der Waals surface area contributed by atoms with Crippen LogP contribution in [0.3, 0.4) is 0 Å². The van der Waals surface area contributed by atoms with Gasteiger partial charge in [-0.15, -0.1) is 0 Å². The lowest BCUT2D eigenvalue weighted by molar-refractivity contribution is 0.643. The van der Waals surface area contributed by atoms with Gasteiger partial charge in [-0.3, -0.25) is 0 Å². The normalized spacial score (nSPS) is 12.7. The van der Waals surface area contributed by atoms with Gasteiger partial charge in [0.2, 0.25) is 0 Å². The zero-order chi connectivity index (χ0) is 10.9. The summed E-state index contributed by atoms with van der Waals surface area (Å²) in [4.78, 5) is 0. The summed E-state index contributed by atoms with van der Waals surface area (Å²) in [6.07, 6.45) is 3.53. The number of hydrogen-bond donors (Lipinski definition) is 0. The average molecular weight is 240 g/mol. The molecule has 0 saturated carbocycles. The lowest BCUT2D eigenvalue weighted by atomic mass is 10.2. The first-order valence-corrected chi connectivity index (χ1v) is 7.98. The van der Waals surface area contributed by atoms with E-state index >= 15 is 0 Å². The Kier molecular flexibility index (Phi) is 7.03. The van der Waals surface area contributed by atoms with E-state index in [9.17, 15) is 0 Å². The predicted octanol–water partition coefficient (Wildman–Crippen LogP) is 4.31. The third-order valence-corrected chi connectivity index (χ3v) is 4.28. The number of rotatable bonds is 7. The highest BCUT2D eigenvalue weighted by molar-refractivity contribution is 7.98. The van der Waals surface area contributed by atoms with Crippen LogP contribution in [0.25, 0.3) is 0 Å². The van der Waals surface area contributed by atoms with Gasteiger partial charge in [-0.05, 0) is 35.7 Å². The van der Waals surface area contributed by atoms with Crippen LogP contribution >= 0.6 is 23.5 Å². The molecule has 0 nitrogen and oxygen atoms in total. The van der Waals surface area contributed by atoms with Crippen molar-refractivity contribution in [2.75, 3.05) is 17.8 Å². The van der Waals surface area contributed by atoms with E-state index in [2.05, 4.69) is 55.3 Å². The predicted molar refractivity (Wildman–Crippen MR) is 74.8 cm³/mol. The average Bonchev–Trinajstić information content (AvgIpc) is 2.26. The SMILES string of the molecule is CSCC(C)CCSCc1ccccc1. The standard InChI is InChI=1S/C13H20S2/c1-12(10-14-2)8-9-15-11-13-6-4-3-5-7-13/h3-7,12H,8-11H2,1-2H3. The number of thioether (sulfide) groups is 2. The smallest absolute Gasteiger partial charge is 0.0184 e. The van der Waals surface area contributed by atoms with Gasteiger partial charge in [0, 0.05) is 5.75 Å². The summed E-state index contributed by atoms with van der Waals surface area (Å²) in [5, 5.41) is 0. The van der Waals surface area contributed by atoms with Gasteiger partial charge in [-0.1, -0.05) is 37.3 Å². The van der Waals surface area contributed by atoms with Crippen LogP contribution in [0.1, 0.15) is 18.9 Å². The van der Waals surface area contributed by atoms with E-state index in [-0.39, 0.29) is 0 Å². The highest BCUT2D eigenvalue weighted by atomic mass is 32.2. The van der Waals surface area contributed by atoms with Crippen LogP contribution in [0.4, 0.5) is 0 Å². The first kappa shape index (κ1) is 13.0. The Labute approximate surface area is 102 Å². The summed E-state index contributed by atoms with van der Waals surface area (Å²) in [5.41, 5.74) is 1.44. The fourth-order valence-electron chi connectivity index (χ4n) is 1.42. The van der Waals surface area contributed by atoms with Crippen molar-refractivity contribution in [1.29, 1.82) is 0 Å². The Morgan fingerprint density at radius 2 is 1.93 bits per heavy atom. The molecule has 2 heteroatoms. The second kappa shape index (κ2) is 8.12. The molecule has 0 saturated heterocycles. The van der Waals surface area contributed by atoms with Gasteiger partial charge < -0.3 is 0 Å². The van der Waals surface area contributed by atoms with E-state index in [1.807, 2.05) is 11.8 Å². The van der Waals surface area contributed by atoms with Crippen LogP contribution in [0.5, 0.6) is 0 Å². The molecule has 0 aliphatic rings. The van der Waals surface area contributed by atoms with Crippen LogP contribution in [0.2, 0.25) is 0 Å². The summed E-state index contributed by atoms with van der Waals surface area (Å²) in [7, 11) is 0. The number of hydrogen-bond acceptors (Lipinski definition) is 2. The maximum absolute atomic E-state index is 2.35. The third kappa shape index (κ3) is 6.16. The minimum atomic E-state index is 0.864. The fraction of sp³-hybridized carbons (Fsp3) is 0.538. The van der Waals surface area contributed by atoms with Gasteiger partial charge in [0.15, 0.2) is 0 Å². The van der Waals surface area contributed by atoms with Gasteiger partial charge in [0.05, 0.1) is 0 Å². The second-order valence-corrected chi connectivity index (χ2v) is 5.90.